The molecule has 1 aromatic heterocycles. The van der Waals surface area contributed by atoms with Gasteiger partial charge in [0.05, 0.1) is 0 Å². The number of rotatable bonds is 4. The molecule has 0 bridgehead atoms. The van der Waals surface area contributed by atoms with Gasteiger partial charge in [-0.2, -0.15) is 0 Å². The van der Waals surface area contributed by atoms with Crippen LogP contribution in [0.5, 0.6) is 11.6 Å². The van der Waals surface area contributed by atoms with Crippen LogP contribution < -0.4 is 16.0 Å². The molecule has 0 spiro atoms. The van der Waals surface area contributed by atoms with E-state index >= 15 is 0 Å². The van der Waals surface area contributed by atoms with Gasteiger partial charge < -0.3 is 10.2 Å². The van der Waals surface area contributed by atoms with E-state index in [1.54, 1.807) is 0 Å². The number of aryl methyl sites for hydroxylation is 1. The van der Waals surface area contributed by atoms with Gasteiger partial charge in [0.2, 0.25) is 5.88 Å². The lowest BCUT2D eigenvalue weighted by atomic mass is 10.1. The molecule has 2 rings (SSSR count). The van der Waals surface area contributed by atoms with Crippen molar-refractivity contribution in [3.8, 4) is 11.6 Å². The third kappa shape index (κ3) is 2.60. The molecule has 0 atom stereocenters. The van der Waals surface area contributed by atoms with Crippen molar-refractivity contribution >= 4 is 21.7 Å². The van der Waals surface area contributed by atoms with Gasteiger partial charge >= 0.3 is 0 Å². The van der Waals surface area contributed by atoms with Crippen LogP contribution in [0.3, 0.4) is 0 Å². The predicted octanol–water partition coefficient (Wildman–Crippen LogP) is 2.88. The van der Waals surface area contributed by atoms with Crippen LogP contribution in [0, 0.1) is 0 Å². The summed E-state index contributed by atoms with van der Waals surface area (Å²) in [5.41, 5.74) is 3.59. The van der Waals surface area contributed by atoms with Crippen LogP contribution in [0.15, 0.2) is 35.1 Å². The number of halogens is 1. The Balaban J connectivity index is 2.34. The van der Waals surface area contributed by atoms with E-state index in [1.807, 2.05) is 24.3 Å². The molecule has 0 aliphatic heterocycles. The van der Waals surface area contributed by atoms with Crippen molar-refractivity contribution < 1.29 is 4.74 Å². The highest BCUT2D eigenvalue weighted by Crippen LogP contribution is 2.32. The topological polar surface area (TPSA) is 73.1 Å². The molecule has 3 N–H and O–H groups in total. The highest BCUT2D eigenvalue weighted by Gasteiger charge is 2.11. The Hall–Kier alpha value is -1.66. The monoisotopic (exact) mass is 308 g/mol. The number of hydrazine groups is 1. The fourth-order valence-corrected chi connectivity index (χ4v) is 1.93. The van der Waals surface area contributed by atoms with E-state index in [2.05, 4.69) is 38.2 Å². The first-order valence-electron chi connectivity index (χ1n) is 5.49. The van der Waals surface area contributed by atoms with Crippen molar-refractivity contribution in [1.29, 1.82) is 0 Å². The molecule has 0 saturated carbocycles. The van der Waals surface area contributed by atoms with Crippen molar-refractivity contribution in [2.75, 3.05) is 5.43 Å². The maximum atomic E-state index is 5.78. The van der Waals surface area contributed by atoms with E-state index < -0.39 is 0 Å². The number of para-hydroxylation sites is 1. The Morgan fingerprint density at radius 1 is 1.33 bits per heavy atom. The van der Waals surface area contributed by atoms with E-state index in [9.17, 15) is 0 Å². The molecule has 0 radical (unpaired) electrons. The van der Waals surface area contributed by atoms with Crippen LogP contribution in [0.1, 0.15) is 12.5 Å². The van der Waals surface area contributed by atoms with Crippen molar-refractivity contribution in [2.24, 2.45) is 5.84 Å². The highest BCUT2D eigenvalue weighted by molar-refractivity contribution is 9.10. The second-order valence-corrected chi connectivity index (χ2v) is 4.34. The zero-order valence-corrected chi connectivity index (χ0v) is 11.4. The molecule has 94 valence electrons. The smallest absolute Gasteiger partial charge is 0.238 e. The minimum atomic E-state index is 0.429. The van der Waals surface area contributed by atoms with Gasteiger partial charge in [0, 0.05) is 0 Å². The maximum absolute atomic E-state index is 5.78. The molecule has 1 aromatic carbocycles. The number of benzene rings is 1. The molecule has 6 heteroatoms. The number of hydrogen-bond acceptors (Lipinski definition) is 5. The van der Waals surface area contributed by atoms with Gasteiger partial charge in [-0.25, -0.2) is 15.8 Å². The van der Waals surface area contributed by atoms with Gasteiger partial charge in [-0.05, 0) is 34.0 Å². The van der Waals surface area contributed by atoms with Gasteiger partial charge in [-0.3, -0.25) is 0 Å². The Morgan fingerprint density at radius 3 is 2.83 bits per heavy atom. The average Bonchev–Trinajstić information content (AvgIpc) is 2.42. The normalized spacial score (nSPS) is 10.2. The quantitative estimate of drug-likeness (QED) is 0.671. The summed E-state index contributed by atoms with van der Waals surface area (Å²) in [6, 6.07) is 7.83. The van der Waals surface area contributed by atoms with Crippen LogP contribution in [0.25, 0.3) is 0 Å². The summed E-state index contributed by atoms with van der Waals surface area (Å²) in [6.45, 7) is 2.07. The van der Waals surface area contributed by atoms with Gasteiger partial charge in [-0.15, -0.1) is 0 Å². The maximum Gasteiger partial charge on any atom is 0.238 e. The summed E-state index contributed by atoms with van der Waals surface area (Å²) in [5.74, 6) is 7.03. The lowest BCUT2D eigenvalue weighted by Crippen LogP contribution is -2.10. The molecule has 18 heavy (non-hydrogen) atoms. The minimum Gasteiger partial charge on any atom is -0.437 e. The van der Waals surface area contributed by atoms with Crippen LogP contribution in [-0.4, -0.2) is 9.97 Å². The van der Waals surface area contributed by atoms with Crippen molar-refractivity contribution in [2.45, 2.75) is 13.3 Å². The zero-order chi connectivity index (χ0) is 13.0. The molecule has 0 fully saturated rings. The number of aromatic nitrogens is 2. The zero-order valence-electron chi connectivity index (χ0n) is 9.85. The number of anilines is 1. The number of ether oxygens (including phenoxy) is 1. The fourth-order valence-electron chi connectivity index (χ4n) is 1.53. The number of nitrogens with one attached hydrogen (secondary N) is 1. The SMILES string of the molecule is CCc1ccccc1Oc1ncnc(NN)c1Br. The Bertz CT molecular complexity index is 547. The van der Waals surface area contributed by atoms with E-state index in [1.165, 1.54) is 6.33 Å². The average molecular weight is 309 g/mol. The van der Waals surface area contributed by atoms with Crippen LogP contribution in [0.2, 0.25) is 0 Å². The summed E-state index contributed by atoms with van der Waals surface area (Å²) >= 11 is 3.35. The Labute approximate surface area is 113 Å². The van der Waals surface area contributed by atoms with E-state index in [0.717, 1.165) is 17.7 Å². The number of nitrogen functional groups attached to an aromatic ring is 1. The molecule has 0 aliphatic rings. The number of nitrogens with two attached hydrogens (primary N) is 1. The third-order valence-corrected chi connectivity index (χ3v) is 3.17. The van der Waals surface area contributed by atoms with Crippen LogP contribution >= 0.6 is 15.9 Å². The van der Waals surface area contributed by atoms with E-state index in [-0.39, 0.29) is 0 Å². The lowest BCUT2D eigenvalue weighted by molar-refractivity contribution is 0.453. The van der Waals surface area contributed by atoms with Gasteiger partial charge in [-0.1, -0.05) is 25.1 Å². The first-order valence-corrected chi connectivity index (χ1v) is 6.28. The first-order chi connectivity index (χ1) is 8.76. The molecule has 0 saturated heterocycles. The summed E-state index contributed by atoms with van der Waals surface area (Å²) < 4.78 is 6.38. The van der Waals surface area contributed by atoms with Crippen LogP contribution in [0.4, 0.5) is 5.82 Å². The molecular weight excluding hydrogens is 296 g/mol. The third-order valence-electron chi connectivity index (χ3n) is 2.45. The fraction of sp³-hybridized carbons (Fsp3) is 0.167. The molecule has 0 aliphatic carbocycles. The Morgan fingerprint density at radius 2 is 2.11 bits per heavy atom. The summed E-state index contributed by atoms with van der Waals surface area (Å²) in [4.78, 5) is 8.05. The summed E-state index contributed by atoms with van der Waals surface area (Å²) in [7, 11) is 0. The second-order valence-electron chi connectivity index (χ2n) is 3.55. The first kappa shape index (κ1) is 12.8. The lowest BCUT2D eigenvalue weighted by Gasteiger charge is -2.11. The molecule has 1 heterocycles. The highest BCUT2D eigenvalue weighted by atomic mass is 79.9. The van der Waals surface area contributed by atoms with Gasteiger partial charge in [0.1, 0.15) is 16.5 Å². The molecule has 0 unspecified atom stereocenters. The van der Waals surface area contributed by atoms with E-state index in [0.29, 0.717) is 16.2 Å². The van der Waals surface area contributed by atoms with Crippen molar-refractivity contribution in [3.63, 3.8) is 0 Å². The molecular formula is C12H13BrN4O. The van der Waals surface area contributed by atoms with Gasteiger partial charge in [0.25, 0.3) is 0 Å². The minimum absolute atomic E-state index is 0.429. The summed E-state index contributed by atoms with van der Waals surface area (Å²) in [6.07, 6.45) is 2.28. The Kier molecular flexibility index (Phi) is 4.11. The molecule has 2 aromatic rings. The largest absolute Gasteiger partial charge is 0.437 e. The summed E-state index contributed by atoms with van der Waals surface area (Å²) in [5, 5.41) is 0. The standard InChI is InChI=1S/C12H13BrN4O/c1-2-8-5-3-4-6-9(8)18-12-10(13)11(17-14)15-7-16-12/h3-7H,2,14H2,1H3,(H,15,16,17). The number of hydrogen-bond donors (Lipinski definition) is 2. The van der Waals surface area contributed by atoms with Crippen molar-refractivity contribution in [3.05, 3.63) is 40.6 Å². The molecule has 0 amide bonds. The van der Waals surface area contributed by atoms with Crippen LogP contribution in [-0.2, 0) is 6.42 Å². The van der Waals surface area contributed by atoms with Crippen molar-refractivity contribution in [1.82, 2.24) is 9.97 Å². The predicted molar refractivity (Wildman–Crippen MR) is 73.4 cm³/mol. The number of nitrogens with zero attached hydrogens (tertiary/aromatic N) is 2. The van der Waals surface area contributed by atoms with Gasteiger partial charge in [0.15, 0.2) is 5.82 Å². The second kappa shape index (κ2) is 5.79. The van der Waals surface area contributed by atoms with E-state index in [4.69, 9.17) is 10.6 Å². The molecule has 5 nitrogen and oxygen atoms in total.